The van der Waals surface area contributed by atoms with E-state index in [9.17, 15) is 8.42 Å². The smallest absolute Gasteiger partial charge is 0.271 e. The molecule has 21 heavy (non-hydrogen) atoms. The van der Waals surface area contributed by atoms with Crippen LogP contribution in [0.1, 0.15) is 31.9 Å². The van der Waals surface area contributed by atoms with Crippen LogP contribution in [-0.4, -0.2) is 39.5 Å². The van der Waals surface area contributed by atoms with Gasteiger partial charge in [0.25, 0.3) is 10.0 Å². The Kier molecular flexibility index (Phi) is 5.80. The maximum absolute atomic E-state index is 11.1. The molecule has 3 N–H and O–H groups in total. The molecule has 0 radical (unpaired) electrons. The van der Waals surface area contributed by atoms with E-state index in [1.165, 1.54) is 38.4 Å². The summed E-state index contributed by atoms with van der Waals surface area (Å²) >= 11 is 0. The number of nitrogens with one attached hydrogen (secondary N) is 1. The van der Waals surface area contributed by atoms with Crippen LogP contribution in [0, 0.1) is 5.92 Å². The number of hydrogen-bond acceptors (Lipinski definition) is 5. The predicted octanol–water partition coefficient (Wildman–Crippen LogP) is 1.14. The first-order chi connectivity index (χ1) is 9.95. The number of nitrogens with two attached hydrogens (primary N) is 1. The van der Waals surface area contributed by atoms with Crippen molar-refractivity contribution in [2.45, 2.75) is 37.8 Å². The third-order valence-corrected chi connectivity index (χ3v) is 4.51. The summed E-state index contributed by atoms with van der Waals surface area (Å²) in [6.45, 7) is 7.13. The van der Waals surface area contributed by atoms with Gasteiger partial charge in [0, 0.05) is 6.54 Å². The lowest BCUT2D eigenvalue weighted by Gasteiger charge is -2.29. The van der Waals surface area contributed by atoms with Gasteiger partial charge in [0.2, 0.25) is 5.09 Å². The Labute approximate surface area is 126 Å². The van der Waals surface area contributed by atoms with Gasteiger partial charge in [0.15, 0.2) is 0 Å². The highest BCUT2D eigenvalue weighted by Gasteiger charge is 2.15. The molecule has 1 aliphatic heterocycles. The van der Waals surface area contributed by atoms with Crippen molar-refractivity contribution in [1.82, 2.24) is 10.2 Å². The van der Waals surface area contributed by atoms with Gasteiger partial charge in [-0.2, -0.15) is 0 Å². The van der Waals surface area contributed by atoms with Crippen molar-refractivity contribution in [3.05, 3.63) is 17.9 Å². The van der Waals surface area contributed by atoms with E-state index < -0.39 is 10.0 Å². The molecule has 1 aromatic heterocycles. The second-order valence-electron chi connectivity index (χ2n) is 5.86. The van der Waals surface area contributed by atoms with E-state index in [2.05, 4.69) is 17.1 Å². The minimum atomic E-state index is -3.74. The van der Waals surface area contributed by atoms with Gasteiger partial charge < -0.3 is 14.6 Å². The zero-order chi connectivity index (χ0) is 15.3. The largest absolute Gasteiger partial charge is 0.447 e. The zero-order valence-corrected chi connectivity index (χ0v) is 13.4. The highest BCUT2D eigenvalue weighted by atomic mass is 32.2. The molecule has 6 nitrogen and oxygen atoms in total. The summed E-state index contributed by atoms with van der Waals surface area (Å²) in [6, 6.07) is 3.03. The molecule has 1 unspecified atom stereocenters. The molecular formula is C14H25N3O3S. The second-order valence-corrected chi connectivity index (χ2v) is 7.36. The van der Waals surface area contributed by atoms with Crippen LogP contribution in [0.15, 0.2) is 21.6 Å². The molecule has 0 aromatic carbocycles. The average molecular weight is 315 g/mol. The van der Waals surface area contributed by atoms with Gasteiger partial charge >= 0.3 is 0 Å². The fourth-order valence-electron chi connectivity index (χ4n) is 2.70. The van der Waals surface area contributed by atoms with Gasteiger partial charge in [0.05, 0.1) is 6.54 Å². The Bertz CT molecular complexity index is 535. The molecule has 2 rings (SSSR count). The molecular weight excluding hydrogens is 290 g/mol. The van der Waals surface area contributed by atoms with Crippen LogP contribution in [0.3, 0.4) is 0 Å². The molecule has 2 heterocycles. The average Bonchev–Trinajstić information content (AvgIpc) is 2.88. The summed E-state index contributed by atoms with van der Waals surface area (Å²) in [4.78, 5) is 2.52. The zero-order valence-electron chi connectivity index (χ0n) is 12.5. The van der Waals surface area contributed by atoms with E-state index in [4.69, 9.17) is 9.56 Å². The number of furan rings is 1. The molecule has 1 saturated heterocycles. The van der Waals surface area contributed by atoms with E-state index in [1.807, 2.05) is 0 Å². The summed E-state index contributed by atoms with van der Waals surface area (Å²) in [7, 11) is -3.74. The number of primary sulfonamides is 1. The van der Waals surface area contributed by atoms with Crippen molar-refractivity contribution >= 4 is 10.0 Å². The lowest BCUT2D eigenvalue weighted by Crippen LogP contribution is -2.36. The third kappa shape index (κ3) is 5.43. The highest BCUT2D eigenvalue weighted by molar-refractivity contribution is 7.89. The molecule has 0 amide bonds. The Morgan fingerprint density at radius 3 is 2.67 bits per heavy atom. The van der Waals surface area contributed by atoms with Crippen LogP contribution in [0.25, 0.3) is 0 Å². The summed E-state index contributed by atoms with van der Waals surface area (Å²) in [5, 5.41) is 8.12. The number of nitrogens with zero attached hydrogens (tertiary/aromatic N) is 1. The van der Waals surface area contributed by atoms with E-state index in [0.29, 0.717) is 18.2 Å². The lowest BCUT2D eigenvalue weighted by atomic mass is 10.1. The fraction of sp³-hybridized carbons (Fsp3) is 0.714. The topological polar surface area (TPSA) is 88.6 Å². The Morgan fingerprint density at radius 2 is 2.05 bits per heavy atom. The molecule has 1 atom stereocenters. The van der Waals surface area contributed by atoms with E-state index in [1.54, 1.807) is 6.07 Å². The van der Waals surface area contributed by atoms with Gasteiger partial charge in [-0.05, 0) is 50.5 Å². The minimum Gasteiger partial charge on any atom is -0.447 e. The quantitative estimate of drug-likeness (QED) is 0.787. The van der Waals surface area contributed by atoms with Crippen LogP contribution in [0.5, 0.6) is 0 Å². The summed E-state index contributed by atoms with van der Waals surface area (Å²) in [5.74, 6) is 1.14. The Balaban J connectivity index is 1.70. The van der Waals surface area contributed by atoms with Gasteiger partial charge in [-0.3, -0.25) is 0 Å². The van der Waals surface area contributed by atoms with Crippen LogP contribution < -0.4 is 10.5 Å². The number of piperidine rings is 1. The van der Waals surface area contributed by atoms with Crippen molar-refractivity contribution in [2.24, 2.45) is 11.1 Å². The number of hydrogen-bond donors (Lipinski definition) is 2. The highest BCUT2D eigenvalue weighted by Crippen LogP contribution is 2.13. The van der Waals surface area contributed by atoms with Crippen LogP contribution >= 0.6 is 0 Å². The Hall–Kier alpha value is -0.890. The molecule has 120 valence electrons. The monoisotopic (exact) mass is 315 g/mol. The normalized spacial score (nSPS) is 18.8. The summed E-state index contributed by atoms with van der Waals surface area (Å²) in [5.41, 5.74) is 0. The number of likely N-dealkylation sites (tertiary alicyclic amines) is 1. The van der Waals surface area contributed by atoms with Gasteiger partial charge in [0.1, 0.15) is 5.76 Å². The van der Waals surface area contributed by atoms with Gasteiger partial charge in [-0.1, -0.05) is 13.3 Å². The van der Waals surface area contributed by atoms with Crippen molar-refractivity contribution < 1.29 is 12.8 Å². The minimum absolute atomic E-state index is 0.180. The van der Waals surface area contributed by atoms with Crippen LogP contribution in [0.4, 0.5) is 0 Å². The maximum Gasteiger partial charge on any atom is 0.271 e. The SMILES string of the molecule is CC(CNCc1ccc(S(N)(=O)=O)o1)CN1CCCCC1. The van der Waals surface area contributed by atoms with E-state index >= 15 is 0 Å². The molecule has 7 heteroatoms. The van der Waals surface area contributed by atoms with Crippen LogP contribution in [0.2, 0.25) is 0 Å². The summed E-state index contributed by atoms with van der Waals surface area (Å²) < 4.78 is 27.4. The molecule has 1 aromatic rings. The standard InChI is InChI=1S/C14H25N3O3S/c1-12(11-17-7-3-2-4-8-17)9-16-10-13-5-6-14(20-13)21(15,18)19/h5-6,12,16H,2-4,7-11H2,1H3,(H2,15,18,19). The molecule has 0 saturated carbocycles. The second kappa shape index (κ2) is 7.40. The molecule has 0 aliphatic carbocycles. The van der Waals surface area contributed by atoms with Crippen molar-refractivity contribution in [3.63, 3.8) is 0 Å². The lowest BCUT2D eigenvalue weighted by molar-refractivity contribution is 0.198. The Morgan fingerprint density at radius 1 is 1.33 bits per heavy atom. The number of rotatable bonds is 7. The number of sulfonamides is 1. The molecule has 0 bridgehead atoms. The maximum atomic E-state index is 11.1. The van der Waals surface area contributed by atoms with E-state index in [0.717, 1.165) is 13.1 Å². The fourth-order valence-corrected chi connectivity index (χ4v) is 3.18. The molecule has 1 aliphatic rings. The first-order valence-corrected chi connectivity index (χ1v) is 9.04. The van der Waals surface area contributed by atoms with E-state index in [-0.39, 0.29) is 5.09 Å². The summed E-state index contributed by atoms with van der Waals surface area (Å²) in [6.07, 6.45) is 3.97. The first kappa shape index (κ1) is 16.5. The van der Waals surface area contributed by atoms with Crippen molar-refractivity contribution in [3.8, 4) is 0 Å². The van der Waals surface area contributed by atoms with Crippen molar-refractivity contribution in [2.75, 3.05) is 26.2 Å². The van der Waals surface area contributed by atoms with Gasteiger partial charge in [-0.15, -0.1) is 0 Å². The molecule has 0 spiro atoms. The van der Waals surface area contributed by atoms with Crippen LogP contribution in [-0.2, 0) is 16.6 Å². The van der Waals surface area contributed by atoms with Crippen molar-refractivity contribution in [1.29, 1.82) is 0 Å². The molecule has 1 fully saturated rings. The third-order valence-electron chi connectivity index (χ3n) is 3.73. The predicted molar refractivity (Wildman–Crippen MR) is 81.2 cm³/mol. The first-order valence-electron chi connectivity index (χ1n) is 7.50. The van der Waals surface area contributed by atoms with Gasteiger partial charge in [-0.25, -0.2) is 13.6 Å².